The van der Waals surface area contributed by atoms with Crippen molar-refractivity contribution >= 4 is 0 Å². The van der Waals surface area contributed by atoms with E-state index in [1.165, 1.54) is 30.0 Å². The topological polar surface area (TPSA) is 59.3 Å². The normalized spacial score (nSPS) is 16.2. The average Bonchev–Trinajstić information content (AvgIpc) is 3.16. The molecule has 0 bridgehead atoms. The van der Waals surface area contributed by atoms with Gasteiger partial charge < -0.3 is 9.88 Å². The van der Waals surface area contributed by atoms with Gasteiger partial charge in [0.15, 0.2) is 0 Å². The minimum Gasteiger partial charge on any atom is -0.311 e. The monoisotopic (exact) mass is 342 g/mol. The molecule has 1 saturated heterocycles. The molecule has 6 nitrogen and oxygen atoms in total. The van der Waals surface area contributed by atoms with E-state index in [2.05, 4.69) is 34.5 Å². The summed E-state index contributed by atoms with van der Waals surface area (Å²) in [6.07, 6.45) is 4.11. The number of benzene rings is 1. The Morgan fingerprint density at radius 2 is 1.76 bits per heavy atom. The second kappa shape index (κ2) is 7.80. The average molecular weight is 342 g/mol. The van der Waals surface area contributed by atoms with Gasteiger partial charge in [-0.05, 0) is 31.5 Å². The Labute approximate surface area is 147 Å². The van der Waals surface area contributed by atoms with Crippen LogP contribution in [0.4, 0.5) is 0 Å². The van der Waals surface area contributed by atoms with E-state index in [-0.39, 0.29) is 11.2 Å². The van der Waals surface area contributed by atoms with E-state index < -0.39 is 0 Å². The van der Waals surface area contributed by atoms with E-state index in [1.807, 2.05) is 6.07 Å². The molecule has 0 amide bonds. The standard InChI is InChI=1S/C19H26N4O2/c1-21-14-16(18(24)22(2)19(21)25)12-20-13-17(23-10-6-7-11-23)15-8-4-3-5-9-15/h3-5,8-9,14,17,20H,6-7,10-13H2,1-2H3. The first kappa shape index (κ1) is 17.6. The molecule has 0 radical (unpaired) electrons. The number of rotatable bonds is 6. The van der Waals surface area contributed by atoms with E-state index in [4.69, 9.17) is 0 Å². The summed E-state index contributed by atoms with van der Waals surface area (Å²) >= 11 is 0. The summed E-state index contributed by atoms with van der Waals surface area (Å²) in [5.41, 5.74) is 1.38. The SMILES string of the molecule is Cn1cc(CNCC(c2ccccc2)N2CCCC2)c(=O)n(C)c1=O. The number of likely N-dealkylation sites (tertiary alicyclic amines) is 1. The van der Waals surface area contributed by atoms with Crippen molar-refractivity contribution < 1.29 is 0 Å². The molecule has 1 aromatic carbocycles. The molecule has 3 rings (SSSR count). The van der Waals surface area contributed by atoms with Crippen LogP contribution >= 0.6 is 0 Å². The van der Waals surface area contributed by atoms with E-state index in [0.29, 0.717) is 18.2 Å². The van der Waals surface area contributed by atoms with Crippen molar-refractivity contribution in [3.05, 3.63) is 68.5 Å². The first-order chi connectivity index (χ1) is 12.1. The second-order valence-electron chi connectivity index (χ2n) is 6.71. The molecule has 1 N–H and O–H groups in total. The number of aryl methyl sites for hydroxylation is 1. The van der Waals surface area contributed by atoms with Gasteiger partial charge in [-0.3, -0.25) is 14.3 Å². The summed E-state index contributed by atoms with van der Waals surface area (Å²) in [6.45, 7) is 3.46. The van der Waals surface area contributed by atoms with Crippen LogP contribution in [0, 0.1) is 0 Å². The fourth-order valence-electron chi connectivity index (χ4n) is 3.53. The Balaban J connectivity index is 1.72. The van der Waals surface area contributed by atoms with Crippen LogP contribution in [0.3, 0.4) is 0 Å². The number of nitrogens with zero attached hydrogens (tertiary/aromatic N) is 3. The van der Waals surface area contributed by atoms with Crippen LogP contribution in [-0.4, -0.2) is 33.7 Å². The predicted molar refractivity (Wildman–Crippen MR) is 98.6 cm³/mol. The van der Waals surface area contributed by atoms with Gasteiger partial charge in [-0.15, -0.1) is 0 Å². The maximum Gasteiger partial charge on any atom is 0.330 e. The molecule has 0 spiro atoms. The Bertz CT molecular complexity index is 820. The van der Waals surface area contributed by atoms with Crippen LogP contribution in [0.2, 0.25) is 0 Å². The van der Waals surface area contributed by atoms with Crippen molar-refractivity contribution in [3.8, 4) is 0 Å². The van der Waals surface area contributed by atoms with Gasteiger partial charge in [-0.2, -0.15) is 0 Å². The van der Waals surface area contributed by atoms with Crippen LogP contribution < -0.4 is 16.6 Å². The van der Waals surface area contributed by atoms with Crippen LogP contribution in [0.15, 0.2) is 46.1 Å². The third kappa shape index (κ3) is 3.91. The maximum absolute atomic E-state index is 12.2. The molecule has 134 valence electrons. The van der Waals surface area contributed by atoms with Gasteiger partial charge in [0.05, 0.1) is 0 Å². The molecule has 1 aliphatic heterocycles. The van der Waals surface area contributed by atoms with Gasteiger partial charge in [0.2, 0.25) is 0 Å². The van der Waals surface area contributed by atoms with Crippen molar-refractivity contribution in [2.45, 2.75) is 25.4 Å². The zero-order chi connectivity index (χ0) is 17.8. The molecule has 0 aliphatic carbocycles. The zero-order valence-electron chi connectivity index (χ0n) is 14.9. The Hall–Kier alpha value is -2.18. The smallest absolute Gasteiger partial charge is 0.311 e. The van der Waals surface area contributed by atoms with Crippen molar-refractivity contribution in [2.75, 3.05) is 19.6 Å². The van der Waals surface area contributed by atoms with Crippen molar-refractivity contribution in [2.24, 2.45) is 14.1 Å². The molecular formula is C19H26N4O2. The quantitative estimate of drug-likeness (QED) is 0.851. The fraction of sp³-hybridized carbons (Fsp3) is 0.474. The van der Waals surface area contributed by atoms with Crippen LogP contribution in [0.5, 0.6) is 0 Å². The van der Waals surface area contributed by atoms with Crippen LogP contribution in [-0.2, 0) is 20.6 Å². The molecule has 1 aromatic heterocycles. The molecule has 25 heavy (non-hydrogen) atoms. The van der Waals surface area contributed by atoms with Gasteiger partial charge >= 0.3 is 5.69 Å². The third-order valence-electron chi connectivity index (χ3n) is 4.94. The lowest BCUT2D eigenvalue weighted by Crippen LogP contribution is -2.40. The maximum atomic E-state index is 12.2. The molecule has 1 fully saturated rings. The van der Waals surface area contributed by atoms with Gasteiger partial charge in [0.25, 0.3) is 5.56 Å². The first-order valence-corrected chi connectivity index (χ1v) is 8.83. The number of nitrogens with one attached hydrogen (secondary N) is 1. The number of hydrogen-bond donors (Lipinski definition) is 1. The van der Waals surface area contributed by atoms with Gasteiger partial charge in [-0.1, -0.05) is 30.3 Å². The Morgan fingerprint density at radius 3 is 2.44 bits per heavy atom. The molecule has 2 aromatic rings. The van der Waals surface area contributed by atoms with Gasteiger partial charge in [-0.25, -0.2) is 4.79 Å². The number of aromatic nitrogens is 2. The molecule has 1 atom stereocenters. The van der Waals surface area contributed by atoms with Crippen LogP contribution in [0.1, 0.15) is 30.0 Å². The van der Waals surface area contributed by atoms with E-state index in [9.17, 15) is 9.59 Å². The summed E-state index contributed by atoms with van der Waals surface area (Å²) < 4.78 is 2.61. The lowest BCUT2D eigenvalue weighted by atomic mass is 10.1. The van der Waals surface area contributed by atoms with Crippen molar-refractivity contribution in [1.29, 1.82) is 0 Å². The molecular weight excluding hydrogens is 316 g/mol. The van der Waals surface area contributed by atoms with Gasteiger partial charge in [0.1, 0.15) is 0 Å². The minimum absolute atomic E-state index is 0.229. The molecule has 2 heterocycles. The van der Waals surface area contributed by atoms with Crippen molar-refractivity contribution in [1.82, 2.24) is 19.4 Å². The fourth-order valence-corrected chi connectivity index (χ4v) is 3.53. The lowest BCUT2D eigenvalue weighted by molar-refractivity contribution is 0.238. The summed E-state index contributed by atoms with van der Waals surface area (Å²) in [5.74, 6) is 0. The summed E-state index contributed by atoms with van der Waals surface area (Å²) in [7, 11) is 3.19. The summed E-state index contributed by atoms with van der Waals surface area (Å²) in [5, 5.41) is 3.42. The van der Waals surface area contributed by atoms with Crippen molar-refractivity contribution in [3.63, 3.8) is 0 Å². The lowest BCUT2D eigenvalue weighted by Gasteiger charge is -2.28. The third-order valence-corrected chi connectivity index (χ3v) is 4.94. The summed E-state index contributed by atoms with van der Waals surface area (Å²) in [6, 6.07) is 10.8. The Morgan fingerprint density at radius 1 is 1.08 bits per heavy atom. The highest BCUT2D eigenvalue weighted by Gasteiger charge is 2.23. The molecule has 6 heteroatoms. The first-order valence-electron chi connectivity index (χ1n) is 8.83. The predicted octanol–water partition coefficient (Wildman–Crippen LogP) is 1.01. The zero-order valence-corrected chi connectivity index (χ0v) is 14.9. The summed E-state index contributed by atoms with van der Waals surface area (Å²) in [4.78, 5) is 26.5. The van der Waals surface area contributed by atoms with E-state index in [1.54, 1.807) is 13.2 Å². The van der Waals surface area contributed by atoms with E-state index in [0.717, 1.165) is 24.2 Å². The highest BCUT2D eigenvalue weighted by molar-refractivity contribution is 5.20. The van der Waals surface area contributed by atoms with Crippen LogP contribution in [0.25, 0.3) is 0 Å². The highest BCUT2D eigenvalue weighted by atomic mass is 16.2. The van der Waals surface area contributed by atoms with Gasteiger partial charge in [0, 0.05) is 45.0 Å². The largest absolute Gasteiger partial charge is 0.330 e. The minimum atomic E-state index is -0.298. The molecule has 1 unspecified atom stereocenters. The highest BCUT2D eigenvalue weighted by Crippen LogP contribution is 2.24. The molecule has 1 aliphatic rings. The number of hydrogen-bond acceptors (Lipinski definition) is 4. The second-order valence-corrected chi connectivity index (χ2v) is 6.71. The van der Waals surface area contributed by atoms with E-state index >= 15 is 0 Å². The molecule has 0 saturated carbocycles. The Kier molecular flexibility index (Phi) is 5.50.